The summed E-state index contributed by atoms with van der Waals surface area (Å²) in [6.07, 6.45) is 4.73. The quantitative estimate of drug-likeness (QED) is 0.829. The molecule has 1 N–H and O–H groups in total. The number of aromatic nitrogens is 1. The van der Waals surface area contributed by atoms with Crippen molar-refractivity contribution in [3.8, 4) is 0 Å². The van der Waals surface area contributed by atoms with Crippen molar-refractivity contribution in [3.63, 3.8) is 0 Å². The van der Waals surface area contributed by atoms with Crippen LogP contribution in [0.4, 0.5) is 5.82 Å². The molecule has 3 rings (SSSR count). The van der Waals surface area contributed by atoms with Gasteiger partial charge in [-0.25, -0.2) is 4.98 Å². The summed E-state index contributed by atoms with van der Waals surface area (Å²) in [5.41, 5.74) is 0. The molecule has 1 aliphatic heterocycles. The molecule has 0 spiro atoms. The Kier molecular flexibility index (Phi) is 2.27. The summed E-state index contributed by atoms with van der Waals surface area (Å²) in [5, 5.41) is 3.31. The van der Waals surface area contributed by atoms with Crippen molar-refractivity contribution in [1.82, 2.24) is 9.88 Å². The standard InChI is InChI=1S/C12H15N3O/c16-12-7-9(8-15(12)10-4-5-10)14-11-3-1-2-6-13-11/h1-3,6,9-10H,4-5,7-8H2,(H,13,14). The maximum atomic E-state index is 11.7. The van der Waals surface area contributed by atoms with Gasteiger partial charge in [-0.1, -0.05) is 6.07 Å². The molecule has 1 unspecified atom stereocenters. The highest BCUT2D eigenvalue weighted by molar-refractivity contribution is 5.80. The van der Waals surface area contributed by atoms with Crippen LogP contribution in [-0.4, -0.2) is 34.4 Å². The van der Waals surface area contributed by atoms with Crippen molar-refractivity contribution in [1.29, 1.82) is 0 Å². The van der Waals surface area contributed by atoms with Gasteiger partial charge in [-0.2, -0.15) is 0 Å². The molecule has 2 heterocycles. The van der Waals surface area contributed by atoms with E-state index in [0.717, 1.165) is 12.4 Å². The van der Waals surface area contributed by atoms with E-state index in [-0.39, 0.29) is 11.9 Å². The van der Waals surface area contributed by atoms with Crippen molar-refractivity contribution < 1.29 is 4.79 Å². The Bertz CT molecular complexity index is 389. The Labute approximate surface area is 94.7 Å². The first-order valence-electron chi connectivity index (χ1n) is 5.80. The molecule has 1 saturated heterocycles. The van der Waals surface area contributed by atoms with Gasteiger partial charge in [0.15, 0.2) is 0 Å². The van der Waals surface area contributed by atoms with Crippen LogP contribution < -0.4 is 5.32 Å². The highest BCUT2D eigenvalue weighted by Gasteiger charge is 2.39. The Morgan fingerprint density at radius 3 is 2.94 bits per heavy atom. The number of likely N-dealkylation sites (tertiary alicyclic amines) is 1. The van der Waals surface area contributed by atoms with Crippen LogP contribution in [0.2, 0.25) is 0 Å². The molecule has 0 radical (unpaired) electrons. The minimum atomic E-state index is 0.225. The van der Waals surface area contributed by atoms with Crippen LogP contribution in [0.25, 0.3) is 0 Å². The number of anilines is 1. The second kappa shape index (κ2) is 3.77. The minimum Gasteiger partial charge on any atom is -0.365 e. The summed E-state index contributed by atoms with van der Waals surface area (Å²) < 4.78 is 0. The molecule has 2 aliphatic rings. The first-order valence-corrected chi connectivity index (χ1v) is 5.80. The zero-order chi connectivity index (χ0) is 11.0. The molecule has 2 fully saturated rings. The number of carbonyl (C=O) groups is 1. The molecule has 0 bridgehead atoms. The van der Waals surface area contributed by atoms with Crippen LogP contribution in [-0.2, 0) is 4.79 Å². The van der Waals surface area contributed by atoms with Gasteiger partial charge < -0.3 is 10.2 Å². The number of hydrogen-bond donors (Lipinski definition) is 1. The van der Waals surface area contributed by atoms with E-state index in [1.807, 2.05) is 23.1 Å². The summed E-state index contributed by atoms with van der Waals surface area (Å²) in [4.78, 5) is 17.9. The highest BCUT2D eigenvalue weighted by atomic mass is 16.2. The summed E-state index contributed by atoms with van der Waals surface area (Å²) >= 11 is 0. The lowest BCUT2D eigenvalue weighted by molar-refractivity contribution is -0.128. The Balaban J connectivity index is 1.63. The number of amides is 1. The number of carbonyl (C=O) groups excluding carboxylic acids is 1. The molecule has 1 aromatic heterocycles. The van der Waals surface area contributed by atoms with E-state index in [2.05, 4.69) is 10.3 Å². The SMILES string of the molecule is O=C1CC(Nc2ccccn2)CN1C1CC1. The normalized spacial score (nSPS) is 24.9. The lowest BCUT2D eigenvalue weighted by atomic mass is 10.2. The second-order valence-corrected chi connectivity index (χ2v) is 4.54. The monoisotopic (exact) mass is 217 g/mol. The Morgan fingerprint density at radius 2 is 2.25 bits per heavy atom. The number of nitrogens with one attached hydrogen (secondary N) is 1. The maximum absolute atomic E-state index is 11.7. The van der Waals surface area contributed by atoms with E-state index in [9.17, 15) is 4.79 Å². The molecule has 1 saturated carbocycles. The molecule has 4 nitrogen and oxygen atoms in total. The van der Waals surface area contributed by atoms with Crippen molar-refractivity contribution in [2.45, 2.75) is 31.3 Å². The van der Waals surface area contributed by atoms with E-state index in [0.29, 0.717) is 12.5 Å². The summed E-state index contributed by atoms with van der Waals surface area (Å²) in [5.74, 6) is 1.15. The minimum absolute atomic E-state index is 0.225. The molecular formula is C12H15N3O. The van der Waals surface area contributed by atoms with Gasteiger partial charge in [0.1, 0.15) is 5.82 Å². The molecule has 16 heavy (non-hydrogen) atoms. The lowest BCUT2D eigenvalue weighted by Gasteiger charge is -2.16. The van der Waals surface area contributed by atoms with Crippen LogP contribution in [0.3, 0.4) is 0 Å². The van der Waals surface area contributed by atoms with Gasteiger partial charge in [0.05, 0.1) is 6.04 Å². The number of rotatable bonds is 3. The third-order valence-corrected chi connectivity index (χ3v) is 3.16. The molecule has 84 valence electrons. The predicted octanol–water partition coefficient (Wildman–Crippen LogP) is 1.26. The van der Waals surface area contributed by atoms with E-state index in [1.54, 1.807) is 6.20 Å². The van der Waals surface area contributed by atoms with Crippen molar-refractivity contribution >= 4 is 11.7 Å². The zero-order valence-corrected chi connectivity index (χ0v) is 9.10. The average molecular weight is 217 g/mol. The third-order valence-electron chi connectivity index (χ3n) is 3.16. The number of hydrogen-bond acceptors (Lipinski definition) is 3. The molecule has 4 heteroatoms. The first kappa shape index (κ1) is 9.63. The number of nitrogens with zero attached hydrogens (tertiary/aromatic N) is 2. The fraction of sp³-hybridized carbons (Fsp3) is 0.500. The largest absolute Gasteiger partial charge is 0.365 e. The van der Waals surface area contributed by atoms with Crippen molar-refractivity contribution in [3.05, 3.63) is 24.4 Å². The molecule has 1 amide bonds. The summed E-state index contributed by atoms with van der Waals surface area (Å²) in [6.45, 7) is 0.833. The van der Waals surface area contributed by atoms with Gasteiger partial charge >= 0.3 is 0 Å². The zero-order valence-electron chi connectivity index (χ0n) is 9.10. The van der Waals surface area contributed by atoms with Gasteiger partial charge in [0.25, 0.3) is 0 Å². The Morgan fingerprint density at radius 1 is 1.38 bits per heavy atom. The van der Waals surface area contributed by atoms with E-state index >= 15 is 0 Å². The van der Waals surface area contributed by atoms with Gasteiger partial charge in [0, 0.05) is 25.2 Å². The van der Waals surface area contributed by atoms with Crippen LogP contribution in [0.5, 0.6) is 0 Å². The highest BCUT2D eigenvalue weighted by Crippen LogP contribution is 2.31. The van der Waals surface area contributed by atoms with Crippen LogP contribution >= 0.6 is 0 Å². The van der Waals surface area contributed by atoms with E-state index < -0.39 is 0 Å². The predicted molar refractivity (Wildman–Crippen MR) is 61.0 cm³/mol. The molecule has 1 aliphatic carbocycles. The molecule has 0 aromatic carbocycles. The van der Waals surface area contributed by atoms with Gasteiger partial charge in [-0.15, -0.1) is 0 Å². The molecule has 1 atom stereocenters. The lowest BCUT2D eigenvalue weighted by Crippen LogP contribution is -2.29. The fourth-order valence-electron chi connectivity index (χ4n) is 2.22. The van der Waals surface area contributed by atoms with Crippen LogP contribution in [0, 0.1) is 0 Å². The van der Waals surface area contributed by atoms with Gasteiger partial charge in [-0.3, -0.25) is 4.79 Å². The van der Waals surface area contributed by atoms with Crippen LogP contribution in [0.15, 0.2) is 24.4 Å². The second-order valence-electron chi connectivity index (χ2n) is 4.54. The average Bonchev–Trinajstić information content (AvgIpc) is 3.06. The van der Waals surface area contributed by atoms with Crippen molar-refractivity contribution in [2.75, 3.05) is 11.9 Å². The van der Waals surface area contributed by atoms with E-state index in [4.69, 9.17) is 0 Å². The third kappa shape index (κ3) is 1.87. The van der Waals surface area contributed by atoms with Crippen LogP contribution in [0.1, 0.15) is 19.3 Å². The molecule has 1 aromatic rings. The van der Waals surface area contributed by atoms with E-state index in [1.165, 1.54) is 12.8 Å². The fourth-order valence-corrected chi connectivity index (χ4v) is 2.22. The van der Waals surface area contributed by atoms with Gasteiger partial charge in [0.2, 0.25) is 5.91 Å². The first-order chi connectivity index (χ1) is 7.83. The van der Waals surface area contributed by atoms with Gasteiger partial charge in [-0.05, 0) is 25.0 Å². The smallest absolute Gasteiger partial charge is 0.225 e. The summed E-state index contributed by atoms with van der Waals surface area (Å²) in [7, 11) is 0. The topological polar surface area (TPSA) is 45.2 Å². The van der Waals surface area contributed by atoms with Crippen molar-refractivity contribution in [2.24, 2.45) is 0 Å². The Hall–Kier alpha value is -1.58. The summed E-state index contributed by atoms with van der Waals surface area (Å²) in [6, 6.07) is 6.53. The maximum Gasteiger partial charge on any atom is 0.225 e. The number of pyridine rings is 1. The molecular weight excluding hydrogens is 202 g/mol.